The molecule has 194 valence electrons. The Labute approximate surface area is 218 Å². The van der Waals surface area contributed by atoms with E-state index in [2.05, 4.69) is 39.1 Å². The fraction of sp³-hybridized carbons (Fsp3) is 0.400. The first-order chi connectivity index (χ1) is 18.2. The molecule has 0 radical (unpaired) electrons. The number of nitrogens with one attached hydrogen (secondary N) is 1. The van der Waals surface area contributed by atoms with Crippen LogP contribution in [0, 0.1) is 5.92 Å². The normalized spacial score (nSPS) is 14.8. The van der Waals surface area contributed by atoms with Crippen LogP contribution in [-0.2, 0) is 12.8 Å². The van der Waals surface area contributed by atoms with E-state index >= 15 is 0 Å². The number of phenols is 1. The Morgan fingerprint density at radius 3 is 2.57 bits per heavy atom. The van der Waals surface area contributed by atoms with Crippen molar-refractivity contribution in [3.05, 3.63) is 78.2 Å². The predicted octanol–water partition coefficient (Wildman–Crippen LogP) is 4.82. The Balaban J connectivity index is 1.14. The third-order valence-electron chi connectivity index (χ3n) is 7.18. The van der Waals surface area contributed by atoms with Gasteiger partial charge in [-0.25, -0.2) is 9.97 Å². The van der Waals surface area contributed by atoms with E-state index in [0.29, 0.717) is 12.3 Å². The third-order valence-corrected chi connectivity index (χ3v) is 7.18. The zero-order valence-corrected chi connectivity index (χ0v) is 21.2. The lowest BCUT2D eigenvalue weighted by Crippen LogP contribution is -2.32. The minimum atomic E-state index is -0.610. The van der Waals surface area contributed by atoms with Crippen LogP contribution in [0.5, 0.6) is 11.5 Å². The van der Waals surface area contributed by atoms with Crippen LogP contribution in [0.25, 0.3) is 16.9 Å². The number of phenolic OH excluding ortho intramolecular Hbond substituents is 1. The Morgan fingerprint density at radius 1 is 1.00 bits per heavy atom. The zero-order chi connectivity index (χ0) is 25.5. The van der Waals surface area contributed by atoms with E-state index in [9.17, 15) is 10.2 Å². The summed E-state index contributed by atoms with van der Waals surface area (Å²) in [5.41, 5.74) is 4.20. The molecule has 1 atom stereocenters. The number of aromatic hydroxyl groups is 1. The smallest absolute Gasteiger partial charge is 0.164 e. The summed E-state index contributed by atoms with van der Waals surface area (Å²) < 4.78 is 7.78. The van der Waals surface area contributed by atoms with E-state index in [1.807, 2.05) is 18.3 Å². The molecule has 37 heavy (non-hydrogen) atoms. The van der Waals surface area contributed by atoms with Crippen LogP contribution in [0.3, 0.4) is 0 Å². The van der Waals surface area contributed by atoms with Gasteiger partial charge in [-0.15, -0.1) is 0 Å². The van der Waals surface area contributed by atoms with Crippen LogP contribution in [-0.4, -0.2) is 50.5 Å². The zero-order valence-electron chi connectivity index (χ0n) is 21.2. The number of rotatable bonds is 12. The number of pyridine rings is 1. The van der Waals surface area contributed by atoms with E-state index < -0.39 is 6.10 Å². The quantitative estimate of drug-likeness (QED) is 0.242. The monoisotopic (exact) mass is 500 g/mol. The van der Waals surface area contributed by atoms with Crippen molar-refractivity contribution >= 4 is 11.2 Å². The summed E-state index contributed by atoms with van der Waals surface area (Å²) in [5.74, 6) is 2.74. The molecule has 5 rings (SSSR count). The Hall–Kier alpha value is -3.42. The fourth-order valence-corrected chi connectivity index (χ4v) is 5.14. The molecule has 3 N–H and O–H groups in total. The Bertz CT molecular complexity index is 1260. The first-order valence-electron chi connectivity index (χ1n) is 13.4. The van der Waals surface area contributed by atoms with Crippen LogP contribution in [0.1, 0.15) is 43.5 Å². The highest BCUT2D eigenvalue weighted by Gasteiger charge is 2.18. The van der Waals surface area contributed by atoms with Crippen molar-refractivity contribution in [3.63, 3.8) is 0 Å². The molecule has 4 aromatic rings. The number of benzene rings is 2. The van der Waals surface area contributed by atoms with Gasteiger partial charge in [0.1, 0.15) is 35.6 Å². The molecule has 1 aliphatic rings. The number of hydrogen-bond donors (Lipinski definition) is 3. The van der Waals surface area contributed by atoms with Gasteiger partial charge in [0.25, 0.3) is 0 Å². The Morgan fingerprint density at radius 2 is 1.78 bits per heavy atom. The molecule has 0 bridgehead atoms. The van der Waals surface area contributed by atoms with Gasteiger partial charge in [0, 0.05) is 24.8 Å². The predicted molar refractivity (Wildman–Crippen MR) is 145 cm³/mol. The van der Waals surface area contributed by atoms with Gasteiger partial charge in [-0.2, -0.15) is 0 Å². The van der Waals surface area contributed by atoms with Crippen LogP contribution >= 0.6 is 0 Å². The minimum absolute atomic E-state index is 0.192. The number of aromatic nitrogens is 3. The molecule has 1 saturated carbocycles. The number of aliphatic hydroxyl groups is 1. The second-order valence-corrected chi connectivity index (χ2v) is 9.98. The molecule has 2 heterocycles. The lowest BCUT2D eigenvalue weighted by atomic mass is 10.0. The van der Waals surface area contributed by atoms with Gasteiger partial charge in [-0.1, -0.05) is 37.8 Å². The summed E-state index contributed by atoms with van der Waals surface area (Å²) in [7, 11) is 0. The maximum atomic E-state index is 10.2. The highest BCUT2D eigenvalue weighted by atomic mass is 16.5. The van der Waals surface area contributed by atoms with Crippen molar-refractivity contribution in [2.45, 2.75) is 51.0 Å². The van der Waals surface area contributed by atoms with Gasteiger partial charge in [-0.05, 0) is 79.4 Å². The summed E-state index contributed by atoms with van der Waals surface area (Å²) in [6, 6.07) is 19.1. The topological polar surface area (TPSA) is 92.4 Å². The van der Waals surface area contributed by atoms with Crippen molar-refractivity contribution in [3.8, 4) is 17.2 Å². The van der Waals surface area contributed by atoms with Gasteiger partial charge in [0.2, 0.25) is 0 Å². The molecule has 1 fully saturated rings. The third kappa shape index (κ3) is 6.67. The molecule has 0 spiro atoms. The van der Waals surface area contributed by atoms with Gasteiger partial charge in [-0.3, -0.25) is 4.57 Å². The first kappa shape index (κ1) is 25.2. The number of aliphatic hydroxyl groups excluding tert-OH is 1. The average Bonchev–Trinajstić information content (AvgIpc) is 3.58. The van der Waals surface area contributed by atoms with Crippen LogP contribution in [0.15, 0.2) is 66.9 Å². The number of ether oxygens (including phenoxy) is 1. The van der Waals surface area contributed by atoms with Crippen LogP contribution < -0.4 is 10.1 Å². The molecule has 2 aromatic heterocycles. The summed E-state index contributed by atoms with van der Waals surface area (Å²) in [4.78, 5) is 9.57. The molecule has 0 amide bonds. The van der Waals surface area contributed by atoms with E-state index in [1.54, 1.807) is 24.3 Å². The van der Waals surface area contributed by atoms with Gasteiger partial charge in [0.15, 0.2) is 5.65 Å². The van der Waals surface area contributed by atoms with E-state index in [0.717, 1.165) is 48.0 Å². The average molecular weight is 501 g/mol. The van der Waals surface area contributed by atoms with E-state index in [4.69, 9.17) is 9.72 Å². The number of hydrogen-bond acceptors (Lipinski definition) is 6. The molecule has 0 unspecified atom stereocenters. The minimum Gasteiger partial charge on any atom is -0.508 e. The van der Waals surface area contributed by atoms with Crippen molar-refractivity contribution in [2.75, 3.05) is 19.7 Å². The Kier molecular flexibility index (Phi) is 8.33. The largest absolute Gasteiger partial charge is 0.508 e. The van der Waals surface area contributed by atoms with Crippen LogP contribution in [0.2, 0.25) is 0 Å². The molecule has 0 aliphatic heterocycles. The lowest BCUT2D eigenvalue weighted by Gasteiger charge is -2.14. The molecule has 7 heteroatoms. The lowest BCUT2D eigenvalue weighted by molar-refractivity contribution is 0.106. The van der Waals surface area contributed by atoms with Crippen LogP contribution in [0.4, 0.5) is 0 Å². The molecule has 1 aliphatic carbocycles. The van der Waals surface area contributed by atoms with E-state index in [-0.39, 0.29) is 12.4 Å². The summed E-state index contributed by atoms with van der Waals surface area (Å²) >= 11 is 0. The van der Waals surface area contributed by atoms with Crippen molar-refractivity contribution < 1.29 is 14.9 Å². The second kappa shape index (κ2) is 12.2. The summed E-state index contributed by atoms with van der Waals surface area (Å²) in [5, 5.41) is 22.8. The molecule has 0 saturated heterocycles. The first-order valence-corrected chi connectivity index (χ1v) is 13.4. The fourth-order valence-electron chi connectivity index (χ4n) is 5.14. The molecular weight excluding hydrogens is 464 g/mol. The number of fused-ring (bicyclic) bond motifs is 1. The highest BCUT2D eigenvalue weighted by Crippen LogP contribution is 2.30. The maximum Gasteiger partial charge on any atom is 0.164 e. The second-order valence-electron chi connectivity index (χ2n) is 9.98. The number of aryl methyl sites for hydroxylation is 1. The van der Waals surface area contributed by atoms with Crippen molar-refractivity contribution in [1.82, 2.24) is 19.9 Å². The summed E-state index contributed by atoms with van der Waals surface area (Å²) in [6.45, 7) is 1.41. The molecular formula is C30H36N4O3. The van der Waals surface area contributed by atoms with Crippen molar-refractivity contribution in [2.24, 2.45) is 5.92 Å². The summed E-state index contributed by atoms with van der Waals surface area (Å²) in [6.07, 6.45) is 9.70. The van der Waals surface area contributed by atoms with Gasteiger partial charge < -0.3 is 20.3 Å². The van der Waals surface area contributed by atoms with E-state index in [1.165, 1.54) is 37.7 Å². The maximum absolute atomic E-state index is 10.2. The number of nitrogens with zero attached hydrogens (tertiary/aromatic N) is 3. The molecule has 2 aromatic carbocycles. The molecule has 7 nitrogen and oxygen atoms in total. The van der Waals surface area contributed by atoms with Gasteiger partial charge >= 0.3 is 0 Å². The van der Waals surface area contributed by atoms with Gasteiger partial charge in [0.05, 0.1) is 0 Å². The standard InChI is InChI=1S/C30H36N4O3/c35-25-12-14-27(15-13-25)37-21-26(36)20-31-19-17-23-7-10-24(11-8-23)34-29(16-9-22-4-1-2-5-22)33-28-6-3-18-32-30(28)34/h3,6-8,10-15,18,22,26,31,35-36H,1-2,4-5,9,16-17,19-21H2/t26-/m0/s1. The highest BCUT2D eigenvalue weighted by molar-refractivity contribution is 5.73. The van der Waals surface area contributed by atoms with Crippen molar-refractivity contribution in [1.29, 1.82) is 0 Å². The number of imidazole rings is 1. The SMILES string of the molecule is Oc1ccc(OC[C@@H](O)CNCCc2ccc(-n3c(CCC4CCCC4)nc4cccnc43)cc2)cc1.